The van der Waals surface area contributed by atoms with Gasteiger partial charge in [0.25, 0.3) is 0 Å². The van der Waals surface area contributed by atoms with Gasteiger partial charge >= 0.3 is 5.97 Å². The molecule has 0 bridgehead atoms. The zero-order valence-corrected chi connectivity index (χ0v) is 11.2. The van der Waals surface area contributed by atoms with Gasteiger partial charge in [0.15, 0.2) is 0 Å². The second-order valence-electron chi connectivity index (χ2n) is 4.95. The molecule has 100 valence electrons. The number of rotatable bonds is 6. The van der Waals surface area contributed by atoms with Gasteiger partial charge in [-0.2, -0.15) is 0 Å². The Morgan fingerprint density at radius 2 is 2.00 bits per heavy atom. The maximum Gasteiger partial charge on any atom is 0.309 e. The molecule has 0 spiro atoms. The van der Waals surface area contributed by atoms with Crippen LogP contribution < -0.4 is 0 Å². The number of hydrogen-bond donors (Lipinski definition) is 1. The summed E-state index contributed by atoms with van der Waals surface area (Å²) < 4.78 is 4.80. The monoisotopic (exact) mass is 243 g/mol. The van der Waals surface area contributed by atoms with Crippen molar-refractivity contribution in [2.24, 2.45) is 5.92 Å². The molecule has 0 aromatic carbocycles. The summed E-state index contributed by atoms with van der Waals surface area (Å²) in [6.45, 7) is 4.74. The van der Waals surface area contributed by atoms with Crippen molar-refractivity contribution in [3.8, 4) is 0 Å². The second-order valence-corrected chi connectivity index (χ2v) is 4.95. The van der Waals surface area contributed by atoms with E-state index in [0.717, 1.165) is 0 Å². The SMILES string of the molecule is COC(=O)C(C)C(C)N(CCO)C1CCCC1. The van der Waals surface area contributed by atoms with Crippen LogP contribution >= 0.6 is 0 Å². The number of carbonyl (C=O) groups excluding carboxylic acids is 1. The fourth-order valence-electron chi connectivity index (χ4n) is 2.74. The molecule has 0 radical (unpaired) electrons. The van der Waals surface area contributed by atoms with E-state index in [1.54, 1.807) is 0 Å². The molecule has 1 rings (SSSR count). The minimum atomic E-state index is -0.168. The molecule has 0 aromatic rings. The van der Waals surface area contributed by atoms with Crippen LogP contribution in [0, 0.1) is 5.92 Å². The molecule has 4 heteroatoms. The van der Waals surface area contributed by atoms with Crippen LogP contribution in [0.1, 0.15) is 39.5 Å². The first-order chi connectivity index (χ1) is 8.11. The van der Waals surface area contributed by atoms with E-state index >= 15 is 0 Å². The summed E-state index contributed by atoms with van der Waals surface area (Å²) in [5.74, 6) is -0.314. The molecule has 1 fully saturated rings. The van der Waals surface area contributed by atoms with Crippen molar-refractivity contribution in [1.29, 1.82) is 0 Å². The molecular formula is C13H25NO3. The summed E-state index contributed by atoms with van der Waals surface area (Å²) >= 11 is 0. The fourth-order valence-corrected chi connectivity index (χ4v) is 2.74. The third-order valence-corrected chi connectivity index (χ3v) is 3.97. The third kappa shape index (κ3) is 3.68. The lowest BCUT2D eigenvalue weighted by molar-refractivity contribution is -0.147. The van der Waals surface area contributed by atoms with Crippen LogP contribution in [-0.4, -0.2) is 48.3 Å². The highest BCUT2D eigenvalue weighted by atomic mass is 16.5. The fraction of sp³-hybridized carbons (Fsp3) is 0.923. The maximum absolute atomic E-state index is 11.6. The Bertz CT molecular complexity index is 239. The first-order valence-corrected chi connectivity index (χ1v) is 6.56. The van der Waals surface area contributed by atoms with Gasteiger partial charge in [0, 0.05) is 18.6 Å². The molecule has 0 heterocycles. The third-order valence-electron chi connectivity index (χ3n) is 3.97. The summed E-state index contributed by atoms with van der Waals surface area (Å²) in [6.07, 6.45) is 4.87. The van der Waals surface area contributed by atoms with Gasteiger partial charge in [-0.25, -0.2) is 0 Å². The van der Waals surface area contributed by atoms with E-state index in [4.69, 9.17) is 9.84 Å². The average Bonchev–Trinajstić information content (AvgIpc) is 2.86. The molecule has 0 amide bonds. The number of carbonyl (C=O) groups is 1. The number of esters is 1. The van der Waals surface area contributed by atoms with Crippen molar-refractivity contribution in [1.82, 2.24) is 4.90 Å². The van der Waals surface area contributed by atoms with Crippen LogP contribution in [0.5, 0.6) is 0 Å². The highest BCUT2D eigenvalue weighted by Gasteiger charge is 2.31. The molecule has 1 aliphatic carbocycles. The Morgan fingerprint density at radius 1 is 1.41 bits per heavy atom. The van der Waals surface area contributed by atoms with Gasteiger partial charge in [0.05, 0.1) is 19.6 Å². The number of aliphatic hydroxyl groups excluding tert-OH is 1. The number of ether oxygens (including phenoxy) is 1. The van der Waals surface area contributed by atoms with E-state index in [9.17, 15) is 4.79 Å². The van der Waals surface area contributed by atoms with Crippen LogP contribution in [0.15, 0.2) is 0 Å². The van der Waals surface area contributed by atoms with Crippen molar-refractivity contribution >= 4 is 5.97 Å². The molecule has 2 atom stereocenters. The van der Waals surface area contributed by atoms with Gasteiger partial charge in [0.2, 0.25) is 0 Å². The highest BCUT2D eigenvalue weighted by Crippen LogP contribution is 2.27. The second kappa shape index (κ2) is 6.97. The quantitative estimate of drug-likeness (QED) is 0.717. The first kappa shape index (κ1) is 14.5. The lowest BCUT2D eigenvalue weighted by Crippen LogP contribution is -2.47. The summed E-state index contributed by atoms with van der Waals surface area (Å²) in [7, 11) is 1.43. The zero-order chi connectivity index (χ0) is 12.8. The van der Waals surface area contributed by atoms with Crippen molar-refractivity contribution in [3.63, 3.8) is 0 Å². The molecule has 0 aromatic heterocycles. The molecule has 1 aliphatic rings. The normalized spacial score (nSPS) is 20.5. The van der Waals surface area contributed by atoms with E-state index in [1.807, 2.05) is 6.92 Å². The van der Waals surface area contributed by atoms with Crippen LogP contribution in [0.4, 0.5) is 0 Å². The van der Waals surface area contributed by atoms with E-state index in [-0.39, 0.29) is 24.5 Å². The number of nitrogens with zero attached hydrogens (tertiary/aromatic N) is 1. The summed E-state index contributed by atoms with van der Waals surface area (Å²) in [5, 5.41) is 9.17. The van der Waals surface area contributed by atoms with Gasteiger partial charge in [-0.05, 0) is 19.8 Å². The molecule has 0 aliphatic heterocycles. The highest BCUT2D eigenvalue weighted by molar-refractivity contribution is 5.72. The van der Waals surface area contributed by atoms with Gasteiger partial charge in [0.1, 0.15) is 0 Å². The Hall–Kier alpha value is -0.610. The van der Waals surface area contributed by atoms with E-state index in [2.05, 4.69) is 11.8 Å². The van der Waals surface area contributed by atoms with Crippen LogP contribution in [0.25, 0.3) is 0 Å². The Labute approximate surface area is 104 Å². The van der Waals surface area contributed by atoms with Gasteiger partial charge < -0.3 is 9.84 Å². The largest absolute Gasteiger partial charge is 0.469 e. The Morgan fingerprint density at radius 3 is 2.47 bits per heavy atom. The number of aliphatic hydroxyl groups is 1. The minimum absolute atomic E-state index is 0.123. The smallest absolute Gasteiger partial charge is 0.309 e. The number of hydrogen-bond acceptors (Lipinski definition) is 4. The maximum atomic E-state index is 11.6. The minimum Gasteiger partial charge on any atom is -0.469 e. The molecule has 17 heavy (non-hydrogen) atoms. The van der Waals surface area contributed by atoms with Crippen LogP contribution in [0.2, 0.25) is 0 Å². The van der Waals surface area contributed by atoms with Crippen molar-refractivity contribution in [2.45, 2.75) is 51.6 Å². The molecule has 0 saturated heterocycles. The van der Waals surface area contributed by atoms with Crippen molar-refractivity contribution in [3.05, 3.63) is 0 Å². The van der Waals surface area contributed by atoms with Crippen LogP contribution in [0.3, 0.4) is 0 Å². The van der Waals surface area contributed by atoms with Crippen molar-refractivity contribution in [2.75, 3.05) is 20.3 Å². The Balaban J connectivity index is 2.64. The van der Waals surface area contributed by atoms with E-state index in [1.165, 1.54) is 32.8 Å². The molecule has 4 nitrogen and oxygen atoms in total. The summed E-state index contributed by atoms with van der Waals surface area (Å²) in [5.41, 5.74) is 0. The Kier molecular flexibility index (Phi) is 5.92. The van der Waals surface area contributed by atoms with Gasteiger partial charge in [-0.15, -0.1) is 0 Å². The topological polar surface area (TPSA) is 49.8 Å². The van der Waals surface area contributed by atoms with E-state index < -0.39 is 0 Å². The molecule has 1 N–H and O–H groups in total. The zero-order valence-electron chi connectivity index (χ0n) is 11.2. The standard InChI is InChI=1S/C13H25NO3/c1-10(13(16)17-3)11(2)14(8-9-15)12-6-4-5-7-12/h10-12,15H,4-9H2,1-3H3. The van der Waals surface area contributed by atoms with Crippen LogP contribution in [-0.2, 0) is 9.53 Å². The first-order valence-electron chi connectivity index (χ1n) is 6.56. The van der Waals surface area contributed by atoms with Gasteiger partial charge in [-0.3, -0.25) is 9.69 Å². The average molecular weight is 243 g/mol. The van der Waals surface area contributed by atoms with Crippen molar-refractivity contribution < 1.29 is 14.6 Å². The van der Waals surface area contributed by atoms with E-state index in [0.29, 0.717) is 12.6 Å². The predicted molar refractivity (Wildman–Crippen MR) is 66.7 cm³/mol. The molecular weight excluding hydrogens is 218 g/mol. The summed E-state index contributed by atoms with van der Waals surface area (Å²) in [4.78, 5) is 13.8. The predicted octanol–water partition coefficient (Wildman–Crippen LogP) is 1.42. The lowest BCUT2D eigenvalue weighted by Gasteiger charge is -2.36. The summed E-state index contributed by atoms with van der Waals surface area (Å²) in [6, 6.07) is 0.641. The molecule has 1 saturated carbocycles. The van der Waals surface area contributed by atoms with Gasteiger partial charge in [-0.1, -0.05) is 19.8 Å². The molecule has 2 unspecified atom stereocenters. The lowest BCUT2D eigenvalue weighted by atomic mass is 10.00. The number of methoxy groups -OCH3 is 1.